The van der Waals surface area contributed by atoms with Crippen LogP contribution in [0.4, 0.5) is 0 Å². The molecule has 1 N–H and O–H groups in total. The van der Waals surface area contributed by atoms with Gasteiger partial charge in [-0.15, -0.1) is 0 Å². The molecule has 0 aliphatic heterocycles. The lowest BCUT2D eigenvalue weighted by Gasteiger charge is -2.12. The van der Waals surface area contributed by atoms with Gasteiger partial charge in [-0.2, -0.15) is 5.10 Å². The first-order valence-electron chi connectivity index (χ1n) is 6.23. The van der Waals surface area contributed by atoms with Crippen LogP contribution in [0.15, 0.2) is 30.5 Å². The Labute approximate surface area is 113 Å². The number of aromatic nitrogens is 2. The summed E-state index contributed by atoms with van der Waals surface area (Å²) in [4.78, 5) is 0. The SMILES string of the molecule is CCCNCc1c(Cl)cccc1-n1ccc(C)n1. The van der Waals surface area contributed by atoms with Gasteiger partial charge < -0.3 is 5.32 Å². The first-order valence-corrected chi connectivity index (χ1v) is 6.61. The normalized spacial score (nSPS) is 10.8. The van der Waals surface area contributed by atoms with Crippen LogP contribution < -0.4 is 5.32 Å². The molecule has 0 spiro atoms. The fourth-order valence-corrected chi connectivity index (χ4v) is 2.11. The fourth-order valence-electron chi connectivity index (χ4n) is 1.88. The molecule has 18 heavy (non-hydrogen) atoms. The van der Waals surface area contributed by atoms with Gasteiger partial charge in [0.25, 0.3) is 0 Å². The van der Waals surface area contributed by atoms with Crippen molar-refractivity contribution < 1.29 is 0 Å². The number of rotatable bonds is 5. The van der Waals surface area contributed by atoms with Crippen molar-refractivity contribution in [1.29, 1.82) is 0 Å². The van der Waals surface area contributed by atoms with Crippen LogP contribution in [0.5, 0.6) is 0 Å². The zero-order valence-electron chi connectivity index (χ0n) is 10.8. The second-order valence-corrected chi connectivity index (χ2v) is 4.72. The fraction of sp³-hybridized carbons (Fsp3) is 0.357. The average molecular weight is 264 g/mol. The van der Waals surface area contributed by atoms with Crippen LogP contribution >= 0.6 is 11.6 Å². The van der Waals surface area contributed by atoms with Crippen molar-refractivity contribution in [3.63, 3.8) is 0 Å². The van der Waals surface area contributed by atoms with Crippen LogP contribution in [0.1, 0.15) is 24.6 Å². The highest BCUT2D eigenvalue weighted by atomic mass is 35.5. The van der Waals surface area contributed by atoms with Gasteiger partial charge in [-0.05, 0) is 38.1 Å². The van der Waals surface area contributed by atoms with E-state index >= 15 is 0 Å². The number of hydrogen-bond acceptors (Lipinski definition) is 2. The molecule has 1 heterocycles. The van der Waals surface area contributed by atoms with E-state index in [9.17, 15) is 0 Å². The van der Waals surface area contributed by atoms with Gasteiger partial charge >= 0.3 is 0 Å². The van der Waals surface area contributed by atoms with Crippen molar-refractivity contribution in [2.45, 2.75) is 26.8 Å². The van der Waals surface area contributed by atoms with Gasteiger partial charge in [0.15, 0.2) is 0 Å². The Bertz CT molecular complexity index is 520. The molecule has 4 heteroatoms. The van der Waals surface area contributed by atoms with Crippen molar-refractivity contribution >= 4 is 11.6 Å². The second kappa shape index (κ2) is 6.03. The van der Waals surface area contributed by atoms with Crippen LogP contribution in [0, 0.1) is 6.92 Å². The van der Waals surface area contributed by atoms with Gasteiger partial charge in [-0.1, -0.05) is 24.6 Å². The maximum absolute atomic E-state index is 6.28. The lowest BCUT2D eigenvalue weighted by molar-refractivity contribution is 0.670. The number of nitrogens with zero attached hydrogens (tertiary/aromatic N) is 2. The number of halogens is 1. The quantitative estimate of drug-likeness (QED) is 0.839. The second-order valence-electron chi connectivity index (χ2n) is 4.32. The van der Waals surface area contributed by atoms with Gasteiger partial charge in [0.05, 0.1) is 11.4 Å². The van der Waals surface area contributed by atoms with E-state index in [1.54, 1.807) is 0 Å². The van der Waals surface area contributed by atoms with E-state index in [-0.39, 0.29) is 0 Å². The summed E-state index contributed by atoms with van der Waals surface area (Å²) >= 11 is 6.28. The van der Waals surface area contributed by atoms with Crippen molar-refractivity contribution in [2.75, 3.05) is 6.54 Å². The highest BCUT2D eigenvalue weighted by molar-refractivity contribution is 6.31. The molecular formula is C14H18ClN3. The molecule has 0 saturated carbocycles. The monoisotopic (exact) mass is 263 g/mol. The van der Waals surface area contributed by atoms with Gasteiger partial charge in [-0.3, -0.25) is 0 Å². The summed E-state index contributed by atoms with van der Waals surface area (Å²) in [5, 5.41) is 8.61. The largest absolute Gasteiger partial charge is 0.313 e. The minimum Gasteiger partial charge on any atom is -0.313 e. The molecule has 0 saturated heterocycles. The Hall–Kier alpha value is -1.32. The molecule has 0 aliphatic carbocycles. The van der Waals surface area contributed by atoms with Crippen LogP contribution in [-0.2, 0) is 6.54 Å². The molecule has 0 aliphatic rings. The molecule has 1 aromatic heterocycles. The van der Waals surface area contributed by atoms with Gasteiger partial charge in [-0.25, -0.2) is 4.68 Å². The topological polar surface area (TPSA) is 29.9 Å². The van der Waals surface area contributed by atoms with Crippen LogP contribution in [0.25, 0.3) is 5.69 Å². The molecule has 2 aromatic rings. The zero-order valence-corrected chi connectivity index (χ0v) is 11.5. The van der Waals surface area contributed by atoms with Gasteiger partial charge in [0.2, 0.25) is 0 Å². The zero-order chi connectivity index (χ0) is 13.0. The Morgan fingerprint density at radius 3 is 2.83 bits per heavy atom. The van der Waals surface area contributed by atoms with E-state index in [1.807, 2.05) is 42.1 Å². The molecule has 0 amide bonds. The Kier molecular flexibility index (Phi) is 4.39. The summed E-state index contributed by atoms with van der Waals surface area (Å²) in [6.45, 7) is 5.89. The van der Waals surface area contributed by atoms with E-state index in [0.29, 0.717) is 0 Å². The van der Waals surface area contributed by atoms with Crippen LogP contribution in [0.2, 0.25) is 5.02 Å². The minimum absolute atomic E-state index is 0.766. The summed E-state index contributed by atoms with van der Waals surface area (Å²) in [7, 11) is 0. The molecule has 0 atom stereocenters. The van der Waals surface area contributed by atoms with E-state index in [4.69, 9.17) is 11.6 Å². The summed E-state index contributed by atoms with van der Waals surface area (Å²) in [6, 6.07) is 7.91. The molecule has 96 valence electrons. The molecule has 0 radical (unpaired) electrons. The molecular weight excluding hydrogens is 246 g/mol. The van der Waals surface area contributed by atoms with E-state index in [1.165, 1.54) is 0 Å². The predicted molar refractivity (Wildman–Crippen MR) is 75.3 cm³/mol. The number of benzene rings is 1. The van der Waals surface area contributed by atoms with Gasteiger partial charge in [0, 0.05) is 23.3 Å². The molecule has 0 unspecified atom stereocenters. The molecule has 0 bridgehead atoms. The summed E-state index contributed by atoms with van der Waals surface area (Å²) in [6.07, 6.45) is 3.07. The molecule has 0 fully saturated rings. The molecule has 3 nitrogen and oxygen atoms in total. The maximum atomic E-state index is 6.28. The number of nitrogens with one attached hydrogen (secondary N) is 1. The standard InChI is InChI=1S/C14H18ClN3/c1-3-8-16-10-12-13(15)5-4-6-14(12)18-9-7-11(2)17-18/h4-7,9,16H,3,8,10H2,1-2H3. The van der Waals surface area contributed by atoms with Crippen molar-refractivity contribution in [2.24, 2.45) is 0 Å². The lowest BCUT2D eigenvalue weighted by atomic mass is 10.1. The third-order valence-corrected chi connectivity index (χ3v) is 3.15. The smallest absolute Gasteiger partial charge is 0.0705 e. The summed E-state index contributed by atoms with van der Waals surface area (Å²) < 4.78 is 1.88. The Morgan fingerprint density at radius 2 is 2.17 bits per heavy atom. The number of aryl methyl sites for hydroxylation is 1. The Morgan fingerprint density at radius 1 is 1.33 bits per heavy atom. The third-order valence-electron chi connectivity index (χ3n) is 2.79. The third kappa shape index (κ3) is 2.92. The van der Waals surface area contributed by atoms with Crippen molar-refractivity contribution in [3.8, 4) is 5.69 Å². The Balaban J connectivity index is 2.31. The highest BCUT2D eigenvalue weighted by Gasteiger charge is 2.09. The predicted octanol–water partition coefficient (Wildman–Crippen LogP) is 3.33. The molecule has 1 aromatic carbocycles. The summed E-state index contributed by atoms with van der Waals surface area (Å²) in [5.74, 6) is 0. The van der Waals surface area contributed by atoms with Crippen molar-refractivity contribution in [1.82, 2.24) is 15.1 Å². The van der Waals surface area contributed by atoms with E-state index in [0.717, 1.165) is 41.5 Å². The number of hydrogen-bond donors (Lipinski definition) is 1. The van der Waals surface area contributed by atoms with Crippen LogP contribution in [0.3, 0.4) is 0 Å². The minimum atomic E-state index is 0.766. The van der Waals surface area contributed by atoms with E-state index in [2.05, 4.69) is 17.3 Å². The molecule has 2 rings (SSSR count). The lowest BCUT2D eigenvalue weighted by Crippen LogP contribution is -2.16. The first-order chi connectivity index (χ1) is 8.72. The van der Waals surface area contributed by atoms with E-state index < -0.39 is 0 Å². The average Bonchev–Trinajstić information content (AvgIpc) is 2.78. The van der Waals surface area contributed by atoms with Gasteiger partial charge in [0.1, 0.15) is 0 Å². The van der Waals surface area contributed by atoms with Crippen molar-refractivity contribution in [3.05, 3.63) is 46.7 Å². The maximum Gasteiger partial charge on any atom is 0.0705 e. The first kappa shape index (κ1) is 13.1. The summed E-state index contributed by atoms with van der Waals surface area (Å²) in [5.41, 5.74) is 3.14. The highest BCUT2D eigenvalue weighted by Crippen LogP contribution is 2.23. The van der Waals surface area contributed by atoms with Crippen LogP contribution in [-0.4, -0.2) is 16.3 Å².